The van der Waals surface area contributed by atoms with E-state index in [9.17, 15) is 5.11 Å². The van der Waals surface area contributed by atoms with E-state index in [-0.39, 0.29) is 6.61 Å². The minimum Gasteiger partial charge on any atom is -0.496 e. The van der Waals surface area contributed by atoms with Gasteiger partial charge in [-0.2, -0.15) is 0 Å². The highest BCUT2D eigenvalue weighted by Gasteiger charge is 2.16. The van der Waals surface area contributed by atoms with Crippen molar-refractivity contribution in [1.29, 1.82) is 0 Å². The van der Waals surface area contributed by atoms with Crippen LogP contribution in [0.3, 0.4) is 0 Å². The van der Waals surface area contributed by atoms with Crippen LogP contribution in [0.4, 0.5) is 0 Å². The highest BCUT2D eigenvalue weighted by atomic mass is 16.5. The number of aliphatic hydroxyl groups is 1. The van der Waals surface area contributed by atoms with Gasteiger partial charge in [0.05, 0.1) is 52.0 Å². The zero-order valence-electron chi connectivity index (χ0n) is 15.4. The average molecular weight is 371 g/mol. The molecule has 0 bridgehead atoms. The molecule has 2 heterocycles. The maximum Gasteiger partial charge on any atom is 0.124 e. The summed E-state index contributed by atoms with van der Waals surface area (Å²) in [5.41, 5.74) is 0.954. The normalized spacial score (nSPS) is 12.4. The number of rotatable bonds is 11. The second kappa shape index (κ2) is 9.97. The molecule has 0 amide bonds. The maximum atomic E-state index is 10.4. The Morgan fingerprint density at radius 2 is 1.63 bits per heavy atom. The van der Waals surface area contributed by atoms with E-state index >= 15 is 0 Å². The van der Waals surface area contributed by atoms with Gasteiger partial charge in [0, 0.05) is 12.1 Å². The van der Waals surface area contributed by atoms with Crippen LogP contribution in [-0.2, 0) is 24.4 Å². The first-order chi connectivity index (χ1) is 13.2. The third-order valence-corrected chi connectivity index (χ3v) is 4.15. The van der Waals surface area contributed by atoms with Crippen molar-refractivity contribution in [3.63, 3.8) is 0 Å². The van der Waals surface area contributed by atoms with Crippen molar-refractivity contribution in [1.82, 2.24) is 4.90 Å². The molecule has 0 fully saturated rings. The SMILES string of the molecule is COc1ccccc1COCC(O)CN(Cc1ccco1)Cc1ccco1. The maximum absolute atomic E-state index is 10.4. The van der Waals surface area contributed by atoms with Gasteiger partial charge in [0.15, 0.2) is 0 Å². The fourth-order valence-corrected chi connectivity index (χ4v) is 2.91. The Bertz CT molecular complexity index is 733. The van der Waals surface area contributed by atoms with Crippen LogP contribution in [0, 0.1) is 0 Å². The highest BCUT2D eigenvalue weighted by Crippen LogP contribution is 2.18. The predicted octanol–water partition coefficient (Wildman–Crippen LogP) is 3.46. The van der Waals surface area contributed by atoms with E-state index in [4.69, 9.17) is 18.3 Å². The Hall–Kier alpha value is -2.54. The van der Waals surface area contributed by atoms with Gasteiger partial charge in [0.25, 0.3) is 0 Å². The Kier molecular flexibility index (Phi) is 7.10. The third kappa shape index (κ3) is 5.99. The molecular weight excluding hydrogens is 346 g/mol. The number of benzene rings is 1. The first-order valence-corrected chi connectivity index (χ1v) is 8.89. The molecule has 1 N–H and O–H groups in total. The summed E-state index contributed by atoms with van der Waals surface area (Å²) in [6.07, 6.45) is 2.66. The number of methoxy groups -OCH3 is 1. The molecule has 3 aromatic rings. The number of aliphatic hydroxyl groups excluding tert-OH is 1. The van der Waals surface area contributed by atoms with E-state index in [2.05, 4.69) is 4.90 Å². The first-order valence-electron chi connectivity index (χ1n) is 8.89. The molecular formula is C21H25NO5. The van der Waals surface area contributed by atoms with E-state index in [1.165, 1.54) is 0 Å². The average Bonchev–Trinajstić information content (AvgIpc) is 3.36. The number of ether oxygens (including phenoxy) is 2. The second-order valence-electron chi connectivity index (χ2n) is 6.31. The van der Waals surface area contributed by atoms with Crippen LogP contribution < -0.4 is 4.74 Å². The number of nitrogens with zero attached hydrogens (tertiary/aromatic N) is 1. The van der Waals surface area contributed by atoms with Crippen molar-refractivity contribution < 1.29 is 23.4 Å². The van der Waals surface area contributed by atoms with Crippen LogP contribution in [0.5, 0.6) is 5.75 Å². The van der Waals surface area contributed by atoms with Gasteiger partial charge in [0.1, 0.15) is 17.3 Å². The summed E-state index contributed by atoms with van der Waals surface area (Å²) in [4.78, 5) is 2.06. The number of hydrogen-bond acceptors (Lipinski definition) is 6. The fourth-order valence-electron chi connectivity index (χ4n) is 2.91. The lowest BCUT2D eigenvalue weighted by Crippen LogP contribution is -2.34. The van der Waals surface area contributed by atoms with E-state index in [1.807, 2.05) is 48.5 Å². The zero-order valence-corrected chi connectivity index (χ0v) is 15.4. The molecule has 0 aliphatic rings. The van der Waals surface area contributed by atoms with Crippen molar-refractivity contribution in [3.8, 4) is 5.75 Å². The Morgan fingerprint density at radius 3 is 2.22 bits per heavy atom. The van der Waals surface area contributed by atoms with Gasteiger partial charge in [-0.15, -0.1) is 0 Å². The lowest BCUT2D eigenvalue weighted by Gasteiger charge is -2.23. The first kappa shape index (κ1) is 19.2. The van der Waals surface area contributed by atoms with Gasteiger partial charge < -0.3 is 23.4 Å². The summed E-state index contributed by atoms with van der Waals surface area (Å²) >= 11 is 0. The number of furan rings is 2. The smallest absolute Gasteiger partial charge is 0.124 e. The Labute approximate surface area is 158 Å². The van der Waals surface area contributed by atoms with Crippen LogP contribution in [0.2, 0.25) is 0 Å². The molecule has 0 aliphatic carbocycles. The standard InChI is InChI=1S/C21H25NO5/c1-24-21-9-3-2-6-17(21)15-25-16-18(23)12-22(13-19-7-4-10-26-19)14-20-8-5-11-27-20/h2-11,18,23H,12-16H2,1H3. The lowest BCUT2D eigenvalue weighted by molar-refractivity contribution is 0.00465. The van der Waals surface area contributed by atoms with E-state index in [1.54, 1.807) is 19.6 Å². The Balaban J connectivity index is 1.51. The summed E-state index contributed by atoms with van der Waals surface area (Å²) in [7, 11) is 1.63. The molecule has 3 rings (SSSR count). The quantitative estimate of drug-likeness (QED) is 0.557. The monoisotopic (exact) mass is 371 g/mol. The van der Waals surface area contributed by atoms with E-state index in [0.29, 0.717) is 26.2 Å². The predicted molar refractivity (Wildman–Crippen MR) is 100 cm³/mol. The molecule has 0 radical (unpaired) electrons. The summed E-state index contributed by atoms with van der Waals surface area (Å²) in [5, 5.41) is 10.4. The molecule has 1 unspecified atom stereocenters. The topological polar surface area (TPSA) is 68.2 Å². The van der Waals surface area contributed by atoms with Gasteiger partial charge in [-0.1, -0.05) is 18.2 Å². The summed E-state index contributed by atoms with van der Waals surface area (Å²) in [5.74, 6) is 2.46. The molecule has 1 atom stereocenters. The molecule has 144 valence electrons. The summed E-state index contributed by atoms with van der Waals surface area (Å²) in [6, 6.07) is 15.2. The van der Waals surface area contributed by atoms with Gasteiger partial charge in [-0.3, -0.25) is 4.90 Å². The van der Waals surface area contributed by atoms with Crippen molar-refractivity contribution >= 4 is 0 Å². The molecule has 2 aromatic heterocycles. The fraction of sp³-hybridized carbons (Fsp3) is 0.333. The molecule has 6 heteroatoms. The van der Waals surface area contributed by atoms with Crippen molar-refractivity contribution in [2.24, 2.45) is 0 Å². The second-order valence-corrected chi connectivity index (χ2v) is 6.31. The third-order valence-electron chi connectivity index (χ3n) is 4.15. The van der Waals surface area contributed by atoms with Crippen LogP contribution in [0.15, 0.2) is 69.9 Å². The molecule has 0 saturated heterocycles. The summed E-state index contributed by atoms with van der Waals surface area (Å²) < 4.78 is 21.9. The highest BCUT2D eigenvalue weighted by molar-refractivity contribution is 5.32. The van der Waals surface area contributed by atoms with Gasteiger partial charge in [-0.25, -0.2) is 0 Å². The minimum atomic E-state index is -0.635. The minimum absolute atomic E-state index is 0.227. The lowest BCUT2D eigenvalue weighted by atomic mass is 10.2. The molecule has 27 heavy (non-hydrogen) atoms. The molecule has 0 saturated carbocycles. The van der Waals surface area contributed by atoms with Gasteiger partial charge in [-0.05, 0) is 30.3 Å². The van der Waals surface area contributed by atoms with Crippen LogP contribution in [0.25, 0.3) is 0 Å². The van der Waals surface area contributed by atoms with Crippen LogP contribution in [-0.4, -0.2) is 36.4 Å². The van der Waals surface area contributed by atoms with Gasteiger partial charge >= 0.3 is 0 Å². The van der Waals surface area contributed by atoms with E-state index < -0.39 is 6.10 Å². The van der Waals surface area contributed by atoms with Crippen molar-refractivity contribution in [3.05, 3.63) is 78.1 Å². The number of hydrogen-bond donors (Lipinski definition) is 1. The molecule has 0 spiro atoms. The molecule has 1 aromatic carbocycles. The molecule has 0 aliphatic heterocycles. The van der Waals surface area contributed by atoms with E-state index in [0.717, 1.165) is 22.8 Å². The number of para-hydroxylation sites is 1. The largest absolute Gasteiger partial charge is 0.496 e. The van der Waals surface area contributed by atoms with Crippen molar-refractivity contribution in [2.75, 3.05) is 20.3 Å². The summed E-state index contributed by atoms with van der Waals surface area (Å²) in [6.45, 7) is 2.21. The van der Waals surface area contributed by atoms with Crippen LogP contribution >= 0.6 is 0 Å². The Morgan fingerprint density at radius 1 is 0.963 bits per heavy atom. The van der Waals surface area contributed by atoms with Gasteiger partial charge in [0.2, 0.25) is 0 Å². The van der Waals surface area contributed by atoms with Crippen LogP contribution in [0.1, 0.15) is 17.1 Å². The zero-order chi connectivity index (χ0) is 18.9. The molecule has 6 nitrogen and oxygen atoms in total. The van der Waals surface area contributed by atoms with Crippen molar-refractivity contribution in [2.45, 2.75) is 25.8 Å².